The molecule has 0 atom stereocenters. The van der Waals surface area contributed by atoms with Gasteiger partial charge in [-0.15, -0.1) is 6.58 Å². The zero-order valence-corrected chi connectivity index (χ0v) is 9.43. The molecule has 0 fully saturated rings. The van der Waals surface area contributed by atoms with Crippen LogP contribution in [0.1, 0.15) is 16.9 Å². The lowest BCUT2D eigenvalue weighted by molar-refractivity contribution is 0.0691. The van der Waals surface area contributed by atoms with Crippen LogP contribution < -0.4 is 5.32 Å². The van der Waals surface area contributed by atoms with Crippen molar-refractivity contribution in [3.63, 3.8) is 0 Å². The monoisotopic (exact) mass is 237 g/mol. The number of rotatable bonds is 8. The van der Waals surface area contributed by atoms with Crippen LogP contribution in [0.2, 0.25) is 0 Å². The standard InChI is InChI=1S/C11H15N3O3/c1-2-3-7-17-8-6-14-10-9(11(15)16)12-4-5-13-10/h2,4-5H,1,3,6-8H2,(H,13,14)(H,15,16). The van der Waals surface area contributed by atoms with Crippen LogP contribution in [0.25, 0.3) is 0 Å². The average Bonchev–Trinajstić information content (AvgIpc) is 2.34. The van der Waals surface area contributed by atoms with Gasteiger partial charge < -0.3 is 15.2 Å². The molecule has 0 saturated carbocycles. The summed E-state index contributed by atoms with van der Waals surface area (Å²) in [6.45, 7) is 5.14. The van der Waals surface area contributed by atoms with Crippen LogP contribution in [-0.2, 0) is 4.74 Å². The first-order valence-corrected chi connectivity index (χ1v) is 5.22. The number of anilines is 1. The highest BCUT2D eigenvalue weighted by Crippen LogP contribution is 2.07. The minimum Gasteiger partial charge on any atom is -0.476 e. The van der Waals surface area contributed by atoms with Crippen molar-refractivity contribution in [2.75, 3.05) is 25.1 Å². The molecule has 0 spiro atoms. The second kappa shape index (κ2) is 7.34. The molecule has 6 nitrogen and oxygen atoms in total. The summed E-state index contributed by atoms with van der Waals surface area (Å²) < 4.78 is 5.27. The Hall–Kier alpha value is -1.95. The fourth-order valence-corrected chi connectivity index (χ4v) is 1.13. The maximum Gasteiger partial charge on any atom is 0.358 e. The molecule has 0 aliphatic heterocycles. The van der Waals surface area contributed by atoms with Crippen molar-refractivity contribution in [1.82, 2.24) is 9.97 Å². The van der Waals surface area contributed by atoms with E-state index in [1.54, 1.807) is 6.08 Å². The molecule has 1 aromatic heterocycles. The molecule has 1 rings (SSSR count). The van der Waals surface area contributed by atoms with E-state index in [2.05, 4.69) is 21.9 Å². The van der Waals surface area contributed by atoms with Crippen LogP contribution in [0.3, 0.4) is 0 Å². The molecule has 0 aliphatic carbocycles. The van der Waals surface area contributed by atoms with Gasteiger partial charge in [-0.1, -0.05) is 6.08 Å². The molecule has 17 heavy (non-hydrogen) atoms. The molecular weight excluding hydrogens is 222 g/mol. The Bertz CT molecular complexity index is 382. The first-order chi connectivity index (χ1) is 8.25. The van der Waals surface area contributed by atoms with E-state index >= 15 is 0 Å². The Balaban J connectivity index is 2.36. The number of hydrogen-bond acceptors (Lipinski definition) is 5. The molecule has 0 saturated heterocycles. The minimum atomic E-state index is -1.10. The second-order valence-corrected chi connectivity index (χ2v) is 3.18. The van der Waals surface area contributed by atoms with Gasteiger partial charge in [0.25, 0.3) is 0 Å². The van der Waals surface area contributed by atoms with Crippen LogP contribution in [0.4, 0.5) is 5.82 Å². The molecule has 6 heteroatoms. The van der Waals surface area contributed by atoms with Crippen molar-refractivity contribution < 1.29 is 14.6 Å². The van der Waals surface area contributed by atoms with Crippen molar-refractivity contribution in [3.8, 4) is 0 Å². The van der Waals surface area contributed by atoms with Gasteiger partial charge in [-0.05, 0) is 6.42 Å². The van der Waals surface area contributed by atoms with Gasteiger partial charge in [0, 0.05) is 18.9 Å². The van der Waals surface area contributed by atoms with Gasteiger partial charge in [0.15, 0.2) is 11.5 Å². The van der Waals surface area contributed by atoms with Gasteiger partial charge >= 0.3 is 5.97 Å². The molecule has 0 unspecified atom stereocenters. The number of aromatic carboxylic acids is 1. The van der Waals surface area contributed by atoms with E-state index in [0.29, 0.717) is 19.8 Å². The third-order valence-electron chi connectivity index (χ3n) is 1.91. The quantitative estimate of drug-likeness (QED) is 0.521. The van der Waals surface area contributed by atoms with Crippen LogP contribution in [0.15, 0.2) is 25.0 Å². The zero-order valence-electron chi connectivity index (χ0n) is 9.43. The lowest BCUT2D eigenvalue weighted by atomic mass is 10.4. The van der Waals surface area contributed by atoms with Crippen LogP contribution >= 0.6 is 0 Å². The number of nitrogens with one attached hydrogen (secondary N) is 1. The van der Waals surface area contributed by atoms with E-state index in [0.717, 1.165) is 6.42 Å². The van der Waals surface area contributed by atoms with Crippen LogP contribution in [-0.4, -0.2) is 40.8 Å². The first kappa shape index (κ1) is 13.1. The molecular formula is C11H15N3O3. The van der Waals surface area contributed by atoms with E-state index in [9.17, 15) is 4.79 Å². The smallest absolute Gasteiger partial charge is 0.358 e. The molecule has 1 heterocycles. The zero-order chi connectivity index (χ0) is 12.5. The molecule has 0 aliphatic rings. The second-order valence-electron chi connectivity index (χ2n) is 3.18. The maximum atomic E-state index is 10.8. The number of ether oxygens (including phenoxy) is 1. The largest absolute Gasteiger partial charge is 0.476 e. The van der Waals surface area contributed by atoms with E-state index < -0.39 is 5.97 Å². The van der Waals surface area contributed by atoms with Gasteiger partial charge in [-0.25, -0.2) is 14.8 Å². The first-order valence-electron chi connectivity index (χ1n) is 5.22. The van der Waals surface area contributed by atoms with E-state index in [1.165, 1.54) is 12.4 Å². The Kier molecular flexibility index (Phi) is 5.67. The summed E-state index contributed by atoms with van der Waals surface area (Å²) in [6.07, 6.45) is 5.35. The Labute approximate surface area is 99.4 Å². The van der Waals surface area contributed by atoms with Gasteiger partial charge in [0.1, 0.15) is 0 Å². The molecule has 0 radical (unpaired) electrons. The predicted octanol–water partition coefficient (Wildman–Crippen LogP) is 1.18. The Morgan fingerprint density at radius 3 is 2.94 bits per heavy atom. The van der Waals surface area contributed by atoms with Crippen molar-refractivity contribution in [1.29, 1.82) is 0 Å². The molecule has 0 aromatic carbocycles. The highest BCUT2D eigenvalue weighted by atomic mass is 16.5. The Morgan fingerprint density at radius 1 is 1.47 bits per heavy atom. The van der Waals surface area contributed by atoms with E-state index in [1.807, 2.05) is 0 Å². The number of carboxylic acid groups (broad SMARTS) is 1. The molecule has 2 N–H and O–H groups in total. The number of carbonyl (C=O) groups is 1. The molecule has 1 aromatic rings. The normalized spacial score (nSPS) is 9.88. The number of carboxylic acids is 1. The maximum absolute atomic E-state index is 10.8. The SMILES string of the molecule is C=CCCOCCNc1nccnc1C(=O)O. The van der Waals surface area contributed by atoms with Crippen molar-refractivity contribution in [3.05, 3.63) is 30.7 Å². The van der Waals surface area contributed by atoms with Gasteiger partial charge in [0.05, 0.1) is 13.2 Å². The van der Waals surface area contributed by atoms with E-state index in [4.69, 9.17) is 9.84 Å². The third kappa shape index (κ3) is 4.60. The van der Waals surface area contributed by atoms with Crippen LogP contribution in [0, 0.1) is 0 Å². The Morgan fingerprint density at radius 2 is 2.24 bits per heavy atom. The molecule has 92 valence electrons. The summed E-state index contributed by atoms with van der Waals surface area (Å²) in [5, 5.41) is 11.7. The van der Waals surface area contributed by atoms with Gasteiger partial charge in [-0.3, -0.25) is 0 Å². The van der Waals surface area contributed by atoms with Crippen molar-refractivity contribution >= 4 is 11.8 Å². The lowest BCUT2D eigenvalue weighted by Crippen LogP contribution is -2.14. The number of nitrogens with zero attached hydrogens (tertiary/aromatic N) is 2. The molecule has 0 amide bonds. The summed E-state index contributed by atoms with van der Waals surface area (Å²) in [6, 6.07) is 0. The summed E-state index contributed by atoms with van der Waals surface area (Å²) >= 11 is 0. The lowest BCUT2D eigenvalue weighted by Gasteiger charge is -2.07. The summed E-state index contributed by atoms with van der Waals surface area (Å²) in [4.78, 5) is 18.4. The highest BCUT2D eigenvalue weighted by Gasteiger charge is 2.11. The van der Waals surface area contributed by atoms with Crippen LogP contribution in [0.5, 0.6) is 0 Å². The van der Waals surface area contributed by atoms with Crippen molar-refractivity contribution in [2.45, 2.75) is 6.42 Å². The highest BCUT2D eigenvalue weighted by molar-refractivity contribution is 5.90. The van der Waals surface area contributed by atoms with Crippen molar-refractivity contribution in [2.24, 2.45) is 0 Å². The fourth-order valence-electron chi connectivity index (χ4n) is 1.13. The topological polar surface area (TPSA) is 84.3 Å². The predicted molar refractivity (Wildman–Crippen MR) is 63.1 cm³/mol. The van der Waals surface area contributed by atoms with Gasteiger partial charge in [-0.2, -0.15) is 0 Å². The minimum absolute atomic E-state index is 0.0846. The summed E-state index contributed by atoms with van der Waals surface area (Å²) in [5.41, 5.74) is -0.0846. The van der Waals surface area contributed by atoms with Gasteiger partial charge in [0.2, 0.25) is 0 Å². The van der Waals surface area contributed by atoms with E-state index in [-0.39, 0.29) is 11.5 Å². The summed E-state index contributed by atoms with van der Waals surface area (Å²) in [5.74, 6) is -0.847. The number of aromatic nitrogens is 2. The number of hydrogen-bond donors (Lipinski definition) is 2. The summed E-state index contributed by atoms with van der Waals surface area (Å²) in [7, 11) is 0. The average molecular weight is 237 g/mol. The third-order valence-corrected chi connectivity index (χ3v) is 1.91. The molecule has 0 bridgehead atoms. The fraction of sp³-hybridized carbons (Fsp3) is 0.364.